The lowest BCUT2D eigenvalue weighted by molar-refractivity contribution is -0.139. The van der Waals surface area contributed by atoms with Crippen LogP contribution in [0.15, 0.2) is 30.5 Å². The number of nitrogens with zero attached hydrogens (tertiary/aromatic N) is 2. The highest BCUT2D eigenvalue weighted by Crippen LogP contribution is 2.35. The number of fused-ring (bicyclic) bond motifs is 2. The number of halogens is 2. The molecule has 1 aliphatic rings. The third-order valence-corrected chi connectivity index (χ3v) is 6.78. The lowest BCUT2D eigenvalue weighted by Gasteiger charge is -2.30. The van der Waals surface area contributed by atoms with Crippen molar-refractivity contribution in [1.29, 1.82) is 0 Å². The molecule has 1 atom stereocenters. The van der Waals surface area contributed by atoms with Crippen LogP contribution >= 0.6 is 23.2 Å². The third-order valence-electron chi connectivity index (χ3n) is 6.06. The number of benzene rings is 2. The summed E-state index contributed by atoms with van der Waals surface area (Å²) in [6.45, 7) is 5.16. The van der Waals surface area contributed by atoms with E-state index >= 15 is 0 Å². The number of amides is 3. The first-order chi connectivity index (χ1) is 18.3. The zero-order chi connectivity index (χ0) is 28.5. The number of carbonyl (C=O) groups excluding carboxylic acids is 3. The number of carbonyl (C=O) groups is 4. The van der Waals surface area contributed by atoms with E-state index in [-0.39, 0.29) is 28.1 Å². The van der Waals surface area contributed by atoms with Gasteiger partial charge >= 0.3 is 12.1 Å². The van der Waals surface area contributed by atoms with Crippen LogP contribution in [0, 0.1) is 0 Å². The number of alkyl carbamates (subject to hydrolysis) is 1. The average molecular weight is 576 g/mol. The second-order valence-corrected chi connectivity index (χ2v) is 10.9. The summed E-state index contributed by atoms with van der Waals surface area (Å²) in [5.41, 5.74) is 1.74. The predicted molar refractivity (Wildman–Crippen MR) is 144 cm³/mol. The number of rotatable bonds is 6. The Hall–Kier alpha value is -3.83. The van der Waals surface area contributed by atoms with Crippen molar-refractivity contribution < 1.29 is 29.0 Å². The van der Waals surface area contributed by atoms with Gasteiger partial charge < -0.3 is 25.4 Å². The van der Waals surface area contributed by atoms with E-state index in [4.69, 9.17) is 27.9 Å². The van der Waals surface area contributed by atoms with Gasteiger partial charge in [-0.05, 0) is 56.5 Å². The first-order valence-electron chi connectivity index (χ1n) is 12.1. The van der Waals surface area contributed by atoms with Crippen molar-refractivity contribution in [3.05, 3.63) is 62.8 Å². The van der Waals surface area contributed by atoms with Crippen LogP contribution in [0.1, 0.15) is 52.6 Å². The van der Waals surface area contributed by atoms with E-state index in [0.717, 1.165) is 10.9 Å². The maximum absolute atomic E-state index is 13.2. The minimum absolute atomic E-state index is 0.00803. The molecule has 0 saturated heterocycles. The van der Waals surface area contributed by atoms with Crippen molar-refractivity contribution in [1.82, 2.24) is 25.7 Å². The van der Waals surface area contributed by atoms with Gasteiger partial charge in [0.1, 0.15) is 11.6 Å². The smallest absolute Gasteiger partial charge is 0.407 e. The van der Waals surface area contributed by atoms with Crippen molar-refractivity contribution in [3.8, 4) is 0 Å². The lowest BCUT2D eigenvalue weighted by Crippen LogP contribution is -2.49. The Kier molecular flexibility index (Phi) is 8.03. The van der Waals surface area contributed by atoms with E-state index in [1.165, 1.54) is 0 Å². The summed E-state index contributed by atoms with van der Waals surface area (Å²) in [7, 11) is 0. The van der Waals surface area contributed by atoms with Crippen molar-refractivity contribution in [2.45, 2.75) is 45.4 Å². The van der Waals surface area contributed by atoms with E-state index in [1.54, 1.807) is 50.1 Å². The molecule has 0 unspecified atom stereocenters. The summed E-state index contributed by atoms with van der Waals surface area (Å²) >= 11 is 13.0. The van der Waals surface area contributed by atoms with Gasteiger partial charge in [0.05, 0.1) is 33.9 Å². The second-order valence-electron chi connectivity index (χ2n) is 10.1. The molecule has 3 aromatic rings. The van der Waals surface area contributed by atoms with Gasteiger partial charge in [-0.1, -0.05) is 29.3 Å². The van der Waals surface area contributed by atoms with E-state index in [2.05, 4.69) is 20.8 Å². The minimum Gasteiger partial charge on any atom is -0.480 e. The summed E-state index contributed by atoms with van der Waals surface area (Å²) in [5, 5.41) is 22.0. The average Bonchev–Trinajstić information content (AvgIpc) is 3.32. The highest BCUT2D eigenvalue weighted by atomic mass is 35.5. The number of H-pyrrole nitrogens is 1. The number of carboxylic acids is 1. The van der Waals surface area contributed by atoms with Gasteiger partial charge in [-0.15, -0.1) is 0 Å². The Balaban J connectivity index is 1.48. The molecular formula is C26H27Cl2N5O6. The standard InChI is InChI=1S/C26H27Cl2N5O6/c1-26(2,3)39-25(38)29-11-19(24(36)37)31-22(34)20-17(27)8-15-12-33(7-6-16(15)21(20)28)23(35)13-4-5-14-10-30-32-18(14)9-13/h4-5,8-10,19H,6-7,11-12H2,1-3H3,(H,29,38)(H,30,32)(H,31,34)(H,36,37)/t19-/m0/s1. The van der Waals surface area contributed by atoms with Crippen LogP contribution in [0.25, 0.3) is 10.9 Å². The Morgan fingerprint density at radius 1 is 1.21 bits per heavy atom. The fraction of sp³-hybridized carbons (Fsp3) is 0.346. The molecule has 1 aromatic heterocycles. The number of hydrogen-bond acceptors (Lipinski definition) is 6. The van der Waals surface area contributed by atoms with Crippen molar-refractivity contribution in [3.63, 3.8) is 0 Å². The molecule has 4 N–H and O–H groups in total. The van der Waals surface area contributed by atoms with Gasteiger partial charge in [0, 0.05) is 24.0 Å². The molecule has 2 heterocycles. The lowest BCUT2D eigenvalue weighted by atomic mass is 9.96. The summed E-state index contributed by atoms with van der Waals surface area (Å²) in [4.78, 5) is 51.5. The van der Waals surface area contributed by atoms with E-state index < -0.39 is 36.2 Å². The number of aromatic nitrogens is 2. The summed E-state index contributed by atoms with van der Waals surface area (Å²) in [5.74, 6) is -2.35. The molecule has 39 heavy (non-hydrogen) atoms. The highest BCUT2D eigenvalue weighted by Gasteiger charge is 2.30. The molecule has 0 fully saturated rings. The number of carboxylic acid groups (broad SMARTS) is 1. The number of hydrogen-bond donors (Lipinski definition) is 4. The molecule has 1 aliphatic heterocycles. The van der Waals surface area contributed by atoms with Crippen molar-refractivity contribution in [2.24, 2.45) is 0 Å². The number of ether oxygens (including phenoxy) is 1. The summed E-state index contributed by atoms with van der Waals surface area (Å²) < 4.78 is 5.10. The van der Waals surface area contributed by atoms with Gasteiger partial charge in [-0.25, -0.2) is 9.59 Å². The fourth-order valence-corrected chi connectivity index (χ4v) is 4.98. The van der Waals surface area contributed by atoms with Crippen LogP contribution in [0.4, 0.5) is 4.79 Å². The molecule has 2 aromatic carbocycles. The molecule has 0 saturated carbocycles. The van der Waals surface area contributed by atoms with Crippen molar-refractivity contribution in [2.75, 3.05) is 13.1 Å². The van der Waals surface area contributed by atoms with Crippen LogP contribution < -0.4 is 10.6 Å². The largest absolute Gasteiger partial charge is 0.480 e. The zero-order valence-electron chi connectivity index (χ0n) is 21.4. The molecule has 0 radical (unpaired) electrons. The van der Waals surface area contributed by atoms with Crippen LogP contribution in [0.3, 0.4) is 0 Å². The van der Waals surface area contributed by atoms with Gasteiger partial charge in [0.15, 0.2) is 0 Å². The van der Waals surface area contributed by atoms with Crippen LogP contribution in [-0.2, 0) is 22.5 Å². The molecule has 13 heteroatoms. The molecule has 206 valence electrons. The number of aliphatic carboxylic acids is 1. The topological polar surface area (TPSA) is 154 Å². The maximum atomic E-state index is 13.2. The van der Waals surface area contributed by atoms with E-state index in [1.807, 2.05) is 6.07 Å². The van der Waals surface area contributed by atoms with Gasteiger partial charge in [0.2, 0.25) is 0 Å². The normalized spacial score (nSPS) is 13.9. The predicted octanol–water partition coefficient (Wildman–Crippen LogP) is 3.78. The first-order valence-corrected chi connectivity index (χ1v) is 12.8. The molecule has 4 rings (SSSR count). The van der Waals surface area contributed by atoms with Gasteiger partial charge in [-0.2, -0.15) is 5.10 Å². The molecule has 11 nitrogen and oxygen atoms in total. The SMILES string of the molecule is CC(C)(C)OC(=O)NC[C@H](NC(=O)c1c(Cl)cc2c(c1Cl)CCN(C(=O)c1ccc3cn[nH]c3c1)C2)C(=O)O. The fourth-order valence-electron chi connectivity index (χ4n) is 4.22. The Bertz CT molecular complexity index is 1470. The second kappa shape index (κ2) is 11.1. The number of nitrogens with one attached hydrogen (secondary N) is 3. The molecule has 0 bridgehead atoms. The van der Waals surface area contributed by atoms with Crippen LogP contribution in [0.2, 0.25) is 10.0 Å². The summed E-state index contributed by atoms with van der Waals surface area (Å²) in [6.07, 6.45) is 1.22. The first kappa shape index (κ1) is 28.2. The Morgan fingerprint density at radius 3 is 2.64 bits per heavy atom. The monoisotopic (exact) mass is 575 g/mol. The number of aromatic amines is 1. The zero-order valence-corrected chi connectivity index (χ0v) is 22.9. The molecular weight excluding hydrogens is 549 g/mol. The Labute approximate surface area is 233 Å². The molecule has 0 spiro atoms. The third kappa shape index (κ3) is 6.43. The molecule has 0 aliphatic carbocycles. The maximum Gasteiger partial charge on any atom is 0.407 e. The molecule has 3 amide bonds. The highest BCUT2D eigenvalue weighted by molar-refractivity contribution is 6.40. The quantitative estimate of drug-likeness (QED) is 0.348. The summed E-state index contributed by atoms with van der Waals surface area (Å²) in [6, 6.07) is 5.39. The Morgan fingerprint density at radius 2 is 1.95 bits per heavy atom. The van der Waals surface area contributed by atoms with Gasteiger partial charge in [-0.3, -0.25) is 14.7 Å². The van der Waals surface area contributed by atoms with Crippen molar-refractivity contribution >= 4 is 58.0 Å². The van der Waals surface area contributed by atoms with Crippen LogP contribution in [-0.4, -0.2) is 68.8 Å². The minimum atomic E-state index is -1.46. The van der Waals surface area contributed by atoms with E-state index in [0.29, 0.717) is 29.7 Å². The van der Waals surface area contributed by atoms with Crippen LogP contribution in [0.5, 0.6) is 0 Å². The van der Waals surface area contributed by atoms with Gasteiger partial charge in [0.25, 0.3) is 11.8 Å². The van der Waals surface area contributed by atoms with E-state index in [9.17, 15) is 24.3 Å².